The van der Waals surface area contributed by atoms with Gasteiger partial charge in [0.25, 0.3) is 0 Å². The summed E-state index contributed by atoms with van der Waals surface area (Å²) < 4.78 is -3.49. The van der Waals surface area contributed by atoms with Gasteiger partial charge in [0.05, 0.1) is 0 Å². The van der Waals surface area contributed by atoms with E-state index in [0.717, 1.165) is 10.8 Å². The first kappa shape index (κ1) is 13.6. The highest BCUT2D eigenvalue weighted by Gasteiger charge is 2.48. The maximum atomic E-state index is 6.16. The number of fused-ring (bicyclic) bond motifs is 1. The fourth-order valence-electron chi connectivity index (χ4n) is 1.56. The van der Waals surface area contributed by atoms with Crippen LogP contribution in [-0.4, -0.2) is 3.79 Å². The molecule has 0 saturated carbocycles. The van der Waals surface area contributed by atoms with Crippen molar-refractivity contribution in [1.82, 2.24) is 0 Å². The van der Waals surface area contributed by atoms with E-state index in [0.29, 0.717) is 5.56 Å². The van der Waals surface area contributed by atoms with Crippen molar-refractivity contribution in [2.75, 3.05) is 0 Å². The molecule has 0 aromatic heterocycles. The molecule has 0 nitrogen and oxygen atoms in total. The second-order valence-electron chi connectivity index (χ2n) is 3.51. The van der Waals surface area contributed by atoms with Crippen LogP contribution in [0, 0.1) is 6.07 Å². The lowest BCUT2D eigenvalue weighted by molar-refractivity contribution is 0.886. The second-order valence-corrected chi connectivity index (χ2v) is 7.12. The van der Waals surface area contributed by atoms with Crippen LogP contribution in [0.4, 0.5) is 0 Å². The van der Waals surface area contributed by atoms with Gasteiger partial charge in [-0.15, -0.1) is 0 Å². The van der Waals surface area contributed by atoms with Crippen molar-refractivity contribution in [2.45, 2.75) is 8.13 Å². The first-order chi connectivity index (χ1) is 7.84. The normalized spacial score (nSPS) is 13.0. The molecule has 0 N–H and O–H groups in total. The van der Waals surface area contributed by atoms with E-state index >= 15 is 0 Å². The second kappa shape index (κ2) is 4.68. The van der Waals surface area contributed by atoms with Gasteiger partial charge in [0.2, 0.25) is 3.79 Å². The van der Waals surface area contributed by atoms with Crippen LogP contribution >= 0.6 is 58.0 Å². The quantitative estimate of drug-likeness (QED) is 0.595. The zero-order chi connectivity index (χ0) is 12.7. The van der Waals surface area contributed by atoms with Gasteiger partial charge in [0, 0.05) is 5.56 Å². The van der Waals surface area contributed by atoms with E-state index in [2.05, 4.69) is 6.07 Å². The molecule has 0 saturated heterocycles. The molecule has 0 aliphatic carbocycles. The third-order valence-electron chi connectivity index (χ3n) is 2.39. The van der Waals surface area contributed by atoms with Crippen molar-refractivity contribution in [3.8, 4) is 0 Å². The standard InChI is InChI=1S/C12H6Cl5/c13-11(14,12(15,16)17)10-7-3-5-8-4-1-2-6-9(8)10/h1-6H. The summed E-state index contributed by atoms with van der Waals surface area (Å²) in [6, 6.07) is 14.1. The maximum absolute atomic E-state index is 6.16. The highest BCUT2D eigenvalue weighted by molar-refractivity contribution is 6.75. The van der Waals surface area contributed by atoms with Crippen LogP contribution in [0.5, 0.6) is 0 Å². The minimum absolute atomic E-state index is 0.457. The van der Waals surface area contributed by atoms with E-state index < -0.39 is 8.13 Å². The number of hydrogen-bond donors (Lipinski definition) is 0. The Morgan fingerprint density at radius 2 is 1.53 bits per heavy atom. The molecule has 0 heterocycles. The Bertz CT molecular complexity index is 537. The monoisotopic (exact) mass is 325 g/mol. The molecule has 5 heteroatoms. The summed E-state index contributed by atoms with van der Waals surface area (Å²) in [5, 5.41) is 1.77. The summed E-state index contributed by atoms with van der Waals surface area (Å²) in [4.78, 5) is 0. The van der Waals surface area contributed by atoms with Gasteiger partial charge >= 0.3 is 0 Å². The highest BCUT2D eigenvalue weighted by Crippen LogP contribution is 2.53. The van der Waals surface area contributed by atoms with Crippen molar-refractivity contribution < 1.29 is 0 Å². The third kappa shape index (κ3) is 2.47. The Morgan fingerprint density at radius 1 is 0.882 bits per heavy atom. The molecule has 0 spiro atoms. The fraction of sp³-hybridized carbons (Fsp3) is 0.167. The molecule has 0 fully saturated rings. The van der Waals surface area contributed by atoms with Gasteiger partial charge in [0.1, 0.15) is 0 Å². The molecular weight excluding hydrogens is 321 g/mol. The Hall–Kier alpha value is 0.150. The smallest absolute Gasteiger partial charge is 0.0914 e. The molecule has 0 atom stereocenters. The van der Waals surface area contributed by atoms with Crippen LogP contribution in [0.3, 0.4) is 0 Å². The lowest BCUT2D eigenvalue weighted by Gasteiger charge is -2.28. The van der Waals surface area contributed by atoms with E-state index in [4.69, 9.17) is 58.0 Å². The first-order valence-electron chi connectivity index (χ1n) is 4.68. The summed E-state index contributed by atoms with van der Waals surface area (Å²) in [6.07, 6.45) is 0. The molecule has 0 unspecified atom stereocenters. The molecule has 2 rings (SSSR count). The molecule has 1 radical (unpaired) electrons. The number of hydrogen-bond acceptors (Lipinski definition) is 0. The van der Waals surface area contributed by atoms with Gasteiger partial charge in [-0.05, 0) is 16.8 Å². The van der Waals surface area contributed by atoms with E-state index in [1.165, 1.54) is 0 Å². The molecule has 0 aliphatic heterocycles. The topological polar surface area (TPSA) is 0 Å². The van der Waals surface area contributed by atoms with Crippen LogP contribution in [-0.2, 0) is 4.33 Å². The van der Waals surface area contributed by atoms with Crippen molar-refractivity contribution in [3.05, 3.63) is 48.0 Å². The number of alkyl halides is 5. The zero-order valence-electron chi connectivity index (χ0n) is 8.35. The van der Waals surface area contributed by atoms with Gasteiger partial charge < -0.3 is 0 Å². The van der Waals surface area contributed by atoms with Gasteiger partial charge in [-0.25, -0.2) is 0 Å². The average Bonchev–Trinajstić information content (AvgIpc) is 2.26. The minimum atomic E-state index is -1.84. The highest BCUT2D eigenvalue weighted by atomic mass is 35.6. The summed E-state index contributed by atoms with van der Waals surface area (Å²) in [6.45, 7) is 0. The molecule has 2 aromatic rings. The molecule has 2 aromatic carbocycles. The molecule has 0 bridgehead atoms. The van der Waals surface area contributed by atoms with Crippen molar-refractivity contribution in [1.29, 1.82) is 0 Å². The van der Waals surface area contributed by atoms with Gasteiger partial charge in [0.15, 0.2) is 4.33 Å². The number of halogens is 5. The van der Waals surface area contributed by atoms with Gasteiger partial charge in [-0.1, -0.05) is 94.4 Å². The lowest BCUT2D eigenvalue weighted by atomic mass is 10.0. The summed E-state index contributed by atoms with van der Waals surface area (Å²) in [5.41, 5.74) is 0.457. The summed E-state index contributed by atoms with van der Waals surface area (Å²) in [5.74, 6) is 0. The molecule has 0 aliphatic rings. The first-order valence-corrected chi connectivity index (χ1v) is 6.57. The van der Waals surface area contributed by atoms with Crippen molar-refractivity contribution >= 4 is 68.8 Å². The Labute approximate surface area is 124 Å². The van der Waals surface area contributed by atoms with E-state index in [9.17, 15) is 0 Å². The van der Waals surface area contributed by atoms with E-state index in [1.807, 2.05) is 30.3 Å². The summed E-state index contributed by atoms with van der Waals surface area (Å²) in [7, 11) is 0. The lowest BCUT2D eigenvalue weighted by Crippen LogP contribution is -2.28. The van der Waals surface area contributed by atoms with Crippen molar-refractivity contribution in [2.24, 2.45) is 0 Å². The van der Waals surface area contributed by atoms with Crippen LogP contribution in [0.25, 0.3) is 10.8 Å². The molecular formula is C12H6Cl5. The van der Waals surface area contributed by atoms with E-state index in [1.54, 1.807) is 6.07 Å². The summed E-state index contributed by atoms with van der Waals surface area (Å²) >= 11 is 29.7. The zero-order valence-corrected chi connectivity index (χ0v) is 12.1. The average molecular weight is 327 g/mol. The van der Waals surface area contributed by atoms with Gasteiger partial charge in [-0.2, -0.15) is 0 Å². The predicted molar refractivity (Wildman–Crippen MR) is 76.5 cm³/mol. The maximum Gasteiger partial charge on any atom is 0.227 e. The Morgan fingerprint density at radius 3 is 2.18 bits per heavy atom. The molecule has 17 heavy (non-hydrogen) atoms. The Kier molecular flexibility index (Phi) is 3.74. The van der Waals surface area contributed by atoms with Crippen molar-refractivity contribution in [3.63, 3.8) is 0 Å². The number of benzene rings is 2. The minimum Gasteiger partial charge on any atom is -0.0914 e. The Balaban J connectivity index is 2.72. The molecule has 0 amide bonds. The van der Waals surface area contributed by atoms with Crippen LogP contribution in [0.15, 0.2) is 36.4 Å². The predicted octanol–water partition coefficient (Wildman–Crippen LogP) is 5.64. The van der Waals surface area contributed by atoms with Gasteiger partial charge in [-0.3, -0.25) is 0 Å². The SMILES string of the molecule is ClC(Cl)(Cl)C(Cl)(Cl)c1[c]ccc2ccccc12. The van der Waals surface area contributed by atoms with Crippen LogP contribution in [0.2, 0.25) is 0 Å². The van der Waals surface area contributed by atoms with E-state index in [-0.39, 0.29) is 0 Å². The largest absolute Gasteiger partial charge is 0.227 e. The molecule has 89 valence electrons. The van der Waals surface area contributed by atoms with Crippen LogP contribution < -0.4 is 0 Å². The fourth-order valence-corrected chi connectivity index (χ4v) is 2.16. The number of rotatable bonds is 1. The third-order valence-corrected chi connectivity index (χ3v) is 4.77. The van der Waals surface area contributed by atoms with Crippen LogP contribution in [0.1, 0.15) is 5.56 Å².